The first-order valence-electron chi connectivity index (χ1n) is 3.07. The zero-order chi connectivity index (χ0) is 10.0. The van der Waals surface area contributed by atoms with Crippen LogP contribution < -0.4 is 3.83 Å². The Bertz CT molecular complexity index is 354. The third-order valence-electron chi connectivity index (χ3n) is 1.35. The maximum atomic E-state index is 10.7. The molecule has 1 aromatic carbocycles. The summed E-state index contributed by atoms with van der Waals surface area (Å²) in [5, 5.41) is 9.01. The van der Waals surface area contributed by atoms with E-state index in [4.69, 9.17) is 28.3 Å². The smallest absolute Gasteiger partial charge is 0.341 e. The Hall–Kier alpha value is -0.450. The van der Waals surface area contributed by atoms with E-state index in [1.54, 1.807) is 0 Å². The van der Waals surface area contributed by atoms with E-state index in [1.165, 1.54) is 12.1 Å². The molecule has 0 bridgehead atoms. The quantitative estimate of drug-likeness (QED) is 0.906. The van der Waals surface area contributed by atoms with E-state index in [2.05, 4.69) is 20.1 Å². The predicted molar refractivity (Wildman–Crippen MR) is 53.0 cm³/mol. The average Bonchev–Trinajstić information content (AvgIpc) is 2.07. The highest BCUT2D eigenvalue weighted by molar-refractivity contribution is 9.06. The Kier molecular flexibility index (Phi) is 3.41. The summed E-state index contributed by atoms with van der Waals surface area (Å²) < 4.78 is 4.63. The fourth-order valence-corrected chi connectivity index (χ4v) is 1.66. The highest BCUT2D eigenvalue weighted by Crippen LogP contribution is 2.34. The highest BCUT2D eigenvalue weighted by atomic mass is 79.9. The van der Waals surface area contributed by atoms with Crippen molar-refractivity contribution in [3.63, 3.8) is 0 Å². The molecule has 0 saturated heterocycles. The van der Waals surface area contributed by atoms with Crippen LogP contribution in [0.1, 0.15) is 10.4 Å². The van der Waals surface area contributed by atoms with Crippen LogP contribution in [0.4, 0.5) is 0 Å². The summed E-state index contributed by atoms with van der Waals surface area (Å²) in [4.78, 5) is 10.7. The van der Waals surface area contributed by atoms with E-state index in [0.29, 0.717) is 0 Å². The fourth-order valence-electron chi connectivity index (χ4n) is 0.808. The van der Waals surface area contributed by atoms with Gasteiger partial charge < -0.3 is 8.93 Å². The second kappa shape index (κ2) is 4.17. The standard InChI is InChI=1S/C7H3BrCl2O3/c8-13-6-4(10)2-1-3(9)5(6)7(11)12/h1-2H,(H,11,12). The second-order valence-corrected chi connectivity index (χ2v) is 3.25. The minimum atomic E-state index is -1.19. The molecule has 0 amide bonds. The third kappa shape index (κ3) is 2.07. The SMILES string of the molecule is O=C(O)c1c(Cl)ccc(Cl)c1OBr. The molecule has 0 atom stereocenters. The number of hydrogen-bond acceptors (Lipinski definition) is 2. The van der Waals surface area contributed by atoms with E-state index in [9.17, 15) is 4.79 Å². The van der Waals surface area contributed by atoms with Gasteiger partial charge in [-0.15, -0.1) is 0 Å². The minimum Gasteiger partial charge on any atom is -0.477 e. The third-order valence-corrected chi connectivity index (χ3v) is 2.29. The van der Waals surface area contributed by atoms with Gasteiger partial charge in [0.15, 0.2) is 22.0 Å². The predicted octanol–water partition coefficient (Wildman–Crippen LogP) is 3.38. The summed E-state index contributed by atoms with van der Waals surface area (Å²) in [5.41, 5.74) is -0.161. The summed E-state index contributed by atoms with van der Waals surface area (Å²) >= 11 is 14.0. The molecule has 6 heteroatoms. The highest BCUT2D eigenvalue weighted by Gasteiger charge is 2.18. The van der Waals surface area contributed by atoms with Crippen molar-refractivity contribution in [1.29, 1.82) is 0 Å². The molecule has 0 fully saturated rings. The minimum absolute atomic E-state index is 0.00154. The lowest BCUT2D eigenvalue weighted by Crippen LogP contribution is -2.00. The van der Waals surface area contributed by atoms with Crippen LogP contribution in [0.25, 0.3) is 0 Å². The van der Waals surface area contributed by atoms with Crippen molar-refractivity contribution in [3.8, 4) is 5.75 Å². The van der Waals surface area contributed by atoms with Crippen LogP contribution in [0, 0.1) is 0 Å². The number of benzene rings is 1. The number of carboxylic acids is 1. The van der Waals surface area contributed by atoms with Crippen molar-refractivity contribution >= 4 is 45.4 Å². The lowest BCUT2D eigenvalue weighted by Gasteiger charge is -2.05. The first kappa shape index (κ1) is 10.6. The molecule has 0 aromatic heterocycles. The van der Waals surface area contributed by atoms with Gasteiger partial charge in [0.25, 0.3) is 0 Å². The van der Waals surface area contributed by atoms with Crippen molar-refractivity contribution in [2.45, 2.75) is 0 Å². The normalized spacial score (nSPS) is 9.77. The number of hydrogen-bond donors (Lipinski definition) is 1. The largest absolute Gasteiger partial charge is 0.477 e. The second-order valence-electron chi connectivity index (χ2n) is 2.12. The molecule has 0 aliphatic heterocycles. The number of carbonyl (C=O) groups is 1. The summed E-state index contributed by atoms with van der Waals surface area (Å²) in [6, 6.07) is 2.84. The van der Waals surface area contributed by atoms with Gasteiger partial charge in [0.05, 0.1) is 10.0 Å². The van der Waals surface area contributed by atoms with Crippen LogP contribution >= 0.6 is 39.5 Å². The van der Waals surface area contributed by atoms with Crippen LogP contribution in [0.3, 0.4) is 0 Å². The van der Waals surface area contributed by atoms with Gasteiger partial charge in [0.2, 0.25) is 0 Å². The van der Waals surface area contributed by atoms with Crippen molar-refractivity contribution in [1.82, 2.24) is 0 Å². The molecule has 0 aliphatic rings. The summed E-state index contributed by atoms with van der Waals surface area (Å²) in [5.74, 6) is -1.19. The molecule has 3 nitrogen and oxygen atoms in total. The maximum absolute atomic E-state index is 10.7. The molecule has 0 unspecified atom stereocenters. The van der Waals surface area contributed by atoms with Gasteiger partial charge in [-0.3, -0.25) is 0 Å². The molecule has 1 rings (SSSR count). The van der Waals surface area contributed by atoms with Gasteiger partial charge in [-0.05, 0) is 12.1 Å². The number of carboxylic acid groups (broad SMARTS) is 1. The Morgan fingerprint density at radius 3 is 2.31 bits per heavy atom. The van der Waals surface area contributed by atoms with E-state index in [-0.39, 0.29) is 21.4 Å². The van der Waals surface area contributed by atoms with Crippen LogP contribution in [-0.2, 0) is 0 Å². The van der Waals surface area contributed by atoms with Crippen LogP contribution in [0.5, 0.6) is 5.75 Å². The van der Waals surface area contributed by atoms with Gasteiger partial charge in [0.1, 0.15) is 5.56 Å². The van der Waals surface area contributed by atoms with Gasteiger partial charge in [-0.2, -0.15) is 0 Å². The Labute approximate surface area is 92.7 Å². The first-order chi connectivity index (χ1) is 6.07. The molecular weight excluding hydrogens is 283 g/mol. The molecule has 13 heavy (non-hydrogen) atoms. The summed E-state index contributed by atoms with van der Waals surface area (Å²) in [6.07, 6.45) is 0. The number of rotatable bonds is 2. The van der Waals surface area contributed by atoms with E-state index in [1.807, 2.05) is 0 Å². The van der Waals surface area contributed by atoms with Crippen molar-refractivity contribution in [2.24, 2.45) is 0 Å². The maximum Gasteiger partial charge on any atom is 0.341 e. The van der Waals surface area contributed by atoms with E-state index >= 15 is 0 Å². The van der Waals surface area contributed by atoms with Crippen molar-refractivity contribution < 1.29 is 13.7 Å². The number of halogens is 3. The topological polar surface area (TPSA) is 46.5 Å². The first-order valence-corrected chi connectivity index (χ1v) is 4.48. The zero-order valence-corrected chi connectivity index (χ0v) is 9.15. The Morgan fingerprint density at radius 2 is 1.92 bits per heavy atom. The fraction of sp³-hybridized carbons (Fsp3) is 0. The molecular formula is C7H3BrCl2O3. The van der Waals surface area contributed by atoms with E-state index in [0.717, 1.165) is 0 Å². The molecule has 0 saturated carbocycles. The Balaban J connectivity index is 3.43. The molecule has 0 radical (unpaired) electrons. The zero-order valence-electron chi connectivity index (χ0n) is 6.05. The molecule has 70 valence electrons. The van der Waals surface area contributed by atoms with Gasteiger partial charge in [-0.1, -0.05) is 23.2 Å². The Morgan fingerprint density at radius 1 is 1.38 bits per heavy atom. The van der Waals surface area contributed by atoms with Crippen molar-refractivity contribution in [3.05, 3.63) is 27.7 Å². The van der Waals surface area contributed by atoms with E-state index < -0.39 is 5.97 Å². The molecule has 0 aliphatic carbocycles. The van der Waals surface area contributed by atoms with Gasteiger partial charge in [-0.25, -0.2) is 4.79 Å². The number of aromatic carboxylic acids is 1. The lowest BCUT2D eigenvalue weighted by atomic mass is 10.2. The lowest BCUT2D eigenvalue weighted by molar-refractivity contribution is 0.0695. The molecule has 1 N–H and O–H groups in total. The average molecular weight is 286 g/mol. The van der Waals surface area contributed by atoms with Crippen LogP contribution in [0.15, 0.2) is 12.1 Å². The molecule has 0 heterocycles. The van der Waals surface area contributed by atoms with Crippen LogP contribution in [0.2, 0.25) is 10.0 Å². The summed E-state index contributed by atoms with van der Waals surface area (Å²) in [7, 11) is 0. The van der Waals surface area contributed by atoms with Crippen molar-refractivity contribution in [2.75, 3.05) is 0 Å². The molecule has 0 spiro atoms. The van der Waals surface area contributed by atoms with Gasteiger partial charge >= 0.3 is 5.97 Å². The summed E-state index contributed by atoms with van der Waals surface area (Å²) in [6.45, 7) is 0. The van der Waals surface area contributed by atoms with Crippen LogP contribution in [-0.4, -0.2) is 11.1 Å². The molecule has 1 aromatic rings. The van der Waals surface area contributed by atoms with Gasteiger partial charge in [0, 0.05) is 0 Å². The monoisotopic (exact) mass is 284 g/mol.